The van der Waals surface area contributed by atoms with Crippen LogP contribution in [0.25, 0.3) is 0 Å². The van der Waals surface area contributed by atoms with Crippen LogP contribution in [0, 0.1) is 19.7 Å². The second-order valence-electron chi connectivity index (χ2n) is 3.76. The molecule has 2 nitrogen and oxygen atoms in total. The first-order valence-electron chi connectivity index (χ1n) is 4.94. The van der Waals surface area contributed by atoms with Crippen molar-refractivity contribution in [2.24, 2.45) is 0 Å². The lowest BCUT2D eigenvalue weighted by molar-refractivity contribution is 0.101. The van der Waals surface area contributed by atoms with Gasteiger partial charge in [-0.3, -0.25) is 4.79 Å². The molecule has 82 valence electrons. The van der Waals surface area contributed by atoms with Crippen LogP contribution >= 0.6 is 0 Å². The van der Waals surface area contributed by atoms with Gasteiger partial charge >= 0.3 is 0 Å². The Morgan fingerprint density at radius 1 is 1.19 bits per heavy atom. The van der Waals surface area contributed by atoms with Crippen LogP contribution in [0.2, 0.25) is 0 Å². The predicted octanol–water partition coefficient (Wildman–Crippen LogP) is 3.27. The molecule has 0 fully saturated rings. The number of benzene rings is 1. The summed E-state index contributed by atoms with van der Waals surface area (Å²) in [5.74, 6) is 0.196. The first kappa shape index (κ1) is 10.6. The number of ketones is 1. The lowest BCUT2D eigenvalue weighted by Crippen LogP contribution is -2.00. The fourth-order valence-electron chi connectivity index (χ4n) is 1.57. The van der Waals surface area contributed by atoms with Gasteiger partial charge in [0.2, 0.25) is 5.78 Å². The number of hydrogen-bond acceptors (Lipinski definition) is 2. The normalized spacial score (nSPS) is 10.4. The molecule has 2 aromatic rings. The highest BCUT2D eigenvalue weighted by Crippen LogP contribution is 2.15. The molecular weight excluding hydrogens is 207 g/mol. The molecule has 1 aromatic carbocycles. The number of hydrogen-bond donors (Lipinski definition) is 0. The summed E-state index contributed by atoms with van der Waals surface area (Å²) in [6, 6.07) is 7.54. The van der Waals surface area contributed by atoms with Gasteiger partial charge in [0.1, 0.15) is 11.6 Å². The summed E-state index contributed by atoms with van der Waals surface area (Å²) in [5.41, 5.74) is 1.03. The molecule has 2 rings (SSSR count). The molecule has 16 heavy (non-hydrogen) atoms. The van der Waals surface area contributed by atoms with Crippen molar-refractivity contribution in [2.75, 3.05) is 0 Å². The van der Waals surface area contributed by atoms with E-state index < -0.39 is 5.82 Å². The summed E-state index contributed by atoms with van der Waals surface area (Å²) in [6.07, 6.45) is 0. The molecule has 1 aromatic heterocycles. The van der Waals surface area contributed by atoms with Crippen molar-refractivity contribution in [1.29, 1.82) is 0 Å². The molecule has 0 amide bonds. The molecule has 0 aliphatic carbocycles. The molecule has 0 N–H and O–H groups in total. The third-order valence-electron chi connectivity index (χ3n) is 2.27. The summed E-state index contributed by atoms with van der Waals surface area (Å²) >= 11 is 0. The van der Waals surface area contributed by atoms with Crippen LogP contribution in [0.15, 0.2) is 34.7 Å². The highest BCUT2D eigenvalue weighted by atomic mass is 19.1. The van der Waals surface area contributed by atoms with Crippen LogP contribution in [0.5, 0.6) is 0 Å². The van der Waals surface area contributed by atoms with Crippen LogP contribution in [-0.2, 0) is 0 Å². The maximum Gasteiger partial charge on any atom is 0.228 e. The number of rotatable bonds is 2. The molecule has 3 heteroatoms. The van der Waals surface area contributed by atoms with Crippen molar-refractivity contribution in [3.63, 3.8) is 0 Å². The van der Waals surface area contributed by atoms with E-state index >= 15 is 0 Å². The SMILES string of the molecule is Cc1cc(F)cc(C(=O)c2ccc(C)o2)c1. The number of halogens is 1. The Labute approximate surface area is 92.7 Å². The van der Waals surface area contributed by atoms with Crippen LogP contribution in [0.1, 0.15) is 27.4 Å². The van der Waals surface area contributed by atoms with Crippen molar-refractivity contribution in [3.8, 4) is 0 Å². The molecule has 0 saturated heterocycles. The highest BCUT2D eigenvalue weighted by Gasteiger charge is 2.13. The van der Waals surface area contributed by atoms with E-state index in [-0.39, 0.29) is 11.5 Å². The summed E-state index contributed by atoms with van der Waals surface area (Å²) in [4.78, 5) is 11.9. The lowest BCUT2D eigenvalue weighted by atomic mass is 10.1. The third kappa shape index (κ3) is 2.03. The van der Waals surface area contributed by atoms with Gasteiger partial charge in [0, 0.05) is 5.56 Å². The van der Waals surface area contributed by atoms with Crippen LogP contribution < -0.4 is 0 Å². The molecule has 0 atom stereocenters. The van der Waals surface area contributed by atoms with Gasteiger partial charge in [-0.15, -0.1) is 0 Å². The van der Waals surface area contributed by atoms with Gasteiger partial charge in [-0.05, 0) is 49.7 Å². The molecule has 0 aliphatic heterocycles. The van der Waals surface area contributed by atoms with E-state index in [0.29, 0.717) is 16.9 Å². The fourth-order valence-corrected chi connectivity index (χ4v) is 1.57. The van der Waals surface area contributed by atoms with E-state index in [1.165, 1.54) is 12.1 Å². The minimum absolute atomic E-state index is 0.238. The highest BCUT2D eigenvalue weighted by molar-refractivity contribution is 6.07. The third-order valence-corrected chi connectivity index (χ3v) is 2.27. The van der Waals surface area contributed by atoms with E-state index in [0.717, 1.165) is 0 Å². The molecule has 1 heterocycles. The minimum Gasteiger partial charge on any atom is -0.458 e. The Hall–Kier alpha value is -1.90. The largest absolute Gasteiger partial charge is 0.458 e. The Morgan fingerprint density at radius 2 is 1.94 bits per heavy atom. The average Bonchev–Trinajstić information content (AvgIpc) is 2.62. The standard InChI is InChI=1S/C13H11FO2/c1-8-5-10(7-11(14)6-8)13(15)12-4-3-9(2)16-12/h3-7H,1-2H3. The minimum atomic E-state index is -0.411. The van der Waals surface area contributed by atoms with Gasteiger partial charge in [-0.25, -0.2) is 4.39 Å². The van der Waals surface area contributed by atoms with Crippen molar-refractivity contribution in [1.82, 2.24) is 0 Å². The van der Waals surface area contributed by atoms with E-state index in [4.69, 9.17) is 4.42 Å². The second-order valence-corrected chi connectivity index (χ2v) is 3.76. The quantitative estimate of drug-likeness (QED) is 0.724. The van der Waals surface area contributed by atoms with Crippen LogP contribution in [0.3, 0.4) is 0 Å². The zero-order valence-corrected chi connectivity index (χ0v) is 9.08. The van der Waals surface area contributed by atoms with Gasteiger partial charge in [0.15, 0.2) is 5.76 Å². The number of carbonyl (C=O) groups excluding carboxylic acids is 1. The summed E-state index contributed by atoms with van der Waals surface area (Å²) in [5, 5.41) is 0. The van der Waals surface area contributed by atoms with Crippen molar-refractivity contribution >= 4 is 5.78 Å². The zero-order valence-electron chi connectivity index (χ0n) is 9.08. The maximum absolute atomic E-state index is 13.1. The van der Waals surface area contributed by atoms with E-state index in [1.54, 1.807) is 32.0 Å². The second kappa shape index (κ2) is 3.93. The Balaban J connectivity index is 2.41. The molecule has 0 saturated carbocycles. The van der Waals surface area contributed by atoms with Crippen molar-refractivity contribution < 1.29 is 13.6 Å². The van der Waals surface area contributed by atoms with Gasteiger partial charge in [-0.2, -0.15) is 0 Å². The van der Waals surface area contributed by atoms with Gasteiger partial charge in [0.05, 0.1) is 0 Å². The first-order chi connectivity index (χ1) is 7.56. The first-order valence-corrected chi connectivity index (χ1v) is 4.94. The summed E-state index contributed by atoms with van der Waals surface area (Å²) in [7, 11) is 0. The number of carbonyl (C=O) groups is 1. The van der Waals surface area contributed by atoms with Gasteiger partial charge < -0.3 is 4.42 Å². The summed E-state index contributed by atoms with van der Waals surface area (Å²) < 4.78 is 18.3. The molecule has 0 spiro atoms. The monoisotopic (exact) mass is 218 g/mol. The van der Waals surface area contributed by atoms with Crippen molar-refractivity contribution in [2.45, 2.75) is 13.8 Å². The average molecular weight is 218 g/mol. The zero-order chi connectivity index (χ0) is 11.7. The molecule has 0 radical (unpaired) electrons. The molecular formula is C13H11FO2. The predicted molar refractivity (Wildman–Crippen MR) is 58.0 cm³/mol. The van der Waals surface area contributed by atoms with Gasteiger partial charge in [0.25, 0.3) is 0 Å². The lowest BCUT2D eigenvalue weighted by Gasteiger charge is -2.00. The Morgan fingerprint density at radius 3 is 2.50 bits per heavy atom. The molecule has 0 aliphatic rings. The smallest absolute Gasteiger partial charge is 0.228 e. The summed E-state index contributed by atoms with van der Waals surface area (Å²) in [6.45, 7) is 3.50. The van der Waals surface area contributed by atoms with E-state index in [2.05, 4.69) is 0 Å². The van der Waals surface area contributed by atoms with Gasteiger partial charge in [-0.1, -0.05) is 0 Å². The fraction of sp³-hybridized carbons (Fsp3) is 0.154. The Kier molecular flexibility index (Phi) is 2.60. The topological polar surface area (TPSA) is 30.2 Å². The van der Waals surface area contributed by atoms with Crippen LogP contribution in [-0.4, -0.2) is 5.78 Å². The molecule has 0 bridgehead atoms. The Bertz CT molecular complexity index is 520. The number of furan rings is 1. The van der Waals surface area contributed by atoms with E-state index in [9.17, 15) is 9.18 Å². The molecule has 0 unspecified atom stereocenters. The van der Waals surface area contributed by atoms with Crippen molar-refractivity contribution in [3.05, 3.63) is 58.8 Å². The maximum atomic E-state index is 13.1. The number of aryl methyl sites for hydroxylation is 2. The van der Waals surface area contributed by atoms with E-state index in [1.807, 2.05) is 0 Å². The van der Waals surface area contributed by atoms with Crippen LogP contribution in [0.4, 0.5) is 4.39 Å².